The van der Waals surface area contributed by atoms with E-state index < -0.39 is 10.0 Å². The molecule has 2 bridgehead atoms. The van der Waals surface area contributed by atoms with Crippen molar-refractivity contribution in [2.75, 3.05) is 10.0 Å². The molecule has 2 aromatic rings. The number of sulfonamides is 1. The number of fused-ring (bicyclic) bond motifs is 2. The van der Waals surface area contributed by atoms with Crippen molar-refractivity contribution in [2.24, 2.45) is 11.8 Å². The molecule has 2 aliphatic rings. The second kappa shape index (κ2) is 7.89. The Morgan fingerprint density at radius 3 is 2.61 bits per heavy atom. The van der Waals surface area contributed by atoms with Crippen molar-refractivity contribution in [2.45, 2.75) is 36.6 Å². The van der Waals surface area contributed by atoms with Gasteiger partial charge in [0.1, 0.15) is 0 Å². The molecular formula is C20H22ClN3O2S2. The molecule has 3 N–H and O–H groups in total. The summed E-state index contributed by atoms with van der Waals surface area (Å²) in [7, 11) is -3.76. The Morgan fingerprint density at radius 2 is 1.89 bits per heavy atom. The maximum Gasteiger partial charge on any atom is 0.262 e. The molecule has 2 saturated carbocycles. The lowest BCUT2D eigenvalue weighted by Crippen LogP contribution is -2.40. The molecule has 4 rings (SSSR count). The van der Waals surface area contributed by atoms with Crippen molar-refractivity contribution in [3.63, 3.8) is 0 Å². The van der Waals surface area contributed by atoms with Crippen LogP contribution in [0.15, 0.2) is 53.4 Å². The topological polar surface area (TPSA) is 70.2 Å². The van der Waals surface area contributed by atoms with Gasteiger partial charge in [-0.15, -0.1) is 0 Å². The lowest BCUT2D eigenvalue weighted by atomic mass is 9.96. The predicted octanol–water partition coefficient (Wildman–Crippen LogP) is 4.62. The minimum Gasteiger partial charge on any atom is -0.359 e. The standard InChI is InChI=1S/C20H22ClN3O2S2/c21-17-6-1-2-7-18(17)24-28(25,26)16-5-3-4-15(12-16)22-20(27)23-19-11-13-8-9-14(19)10-13/h1-7,12-14,19,24H,8-11H2,(H2,22,23,27). The summed E-state index contributed by atoms with van der Waals surface area (Å²) >= 11 is 11.5. The van der Waals surface area contributed by atoms with Crippen molar-refractivity contribution < 1.29 is 8.42 Å². The molecule has 8 heteroatoms. The normalized spacial score (nSPS) is 23.4. The second-order valence-corrected chi connectivity index (χ2v) is 9.99. The predicted molar refractivity (Wildman–Crippen MR) is 117 cm³/mol. The van der Waals surface area contributed by atoms with E-state index in [-0.39, 0.29) is 4.90 Å². The minimum atomic E-state index is -3.76. The maximum atomic E-state index is 12.7. The van der Waals surface area contributed by atoms with Gasteiger partial charge in [-0.05, 0) is 73.6 Å². The first-order valence-electron chi connectivity index (χ1n) is 9.35. The van der Waals surface area contributed by atoms with E-state index in [0.29, 0.717) is 33.5 Å². The summed E-state index contributed by atoms with van der Waals surface area (Å²) in [6.45, 7) is 0. The van der Waals surface area contributed by atoms with Crippen molar-refractivity contribution in [3.8, 4) is 0 Å². The van der Waals surface area contributed by atoms with Crippen LogP contribution in [0, 0.1) is 11.8 Å². The molecule has 0 radical (unpaired) electrons. The van der Waals surface area contributed by atoms with Gasteiger partial charge in [0, 0.05) is 11.7 Å². The number of hydrogen-bond acceptors (Lipinski definition) is 3. The van der Waals surface area contributed by atoms with E-state index in [1.807, 2.05) is 0 Å². The van der Waals surface area contributed by atoms with Gasteiger partial charge in [0.2, 0.25) is 0 Å². The van der Waals surface area contributed by atoms with Crippen LogP contribution in [0.1, 0.15) is 25.7 Å². The molecule has 28 heavy (non-hydrogen) atoms. The van der Waals surface area contributed by atoms with Crippen LogP contribution < -0.4 is 15.4 Å². The van der Waals surface area contributed by atoms with Gasteiger partial charge in [0.25, 0.3) is 10.0 Å². The van der Waals surface area contributed by atoms with Gasteiger partial charge in [-0.25, -0.2) is 8.42 Å². The van der Waals surface area contributed by atoms with Crippen LogP contribution in [0.5, 0.6) is 0 Å². The summed E-state index contributed by atoms with van der Waals surface area (Å²) < 4.78 is 27.9. The maximum absolute atomic E-state index is 12.7. The Bertz CT molecular complexity index is 996. The number of thiocarbonyl (C=S) groups is 1. The molecule has 5 nitrogen and oxygen atoms in total. The van der Waals surface area contributed by atoms with E-state index in [1.54, 1.807) is 42.5 Å². The fourth-order valence-electron chi connectivity index (χ4n) is 4.25. The first kappa shape index (κ1) is 19.5. The van der Waals surface area contributed by atoms with E-state index >= 15 is 0 Å². The van der Waals surface area contributed by atoms with Crippen molar-refractivity contribution in [1.82, 2.24) is 5.32 Å². The van der Waals surface area contributed by atoms with Crippen LogP contribution in [0.3, 0.4) is 0 Å². The number of rotatable bonds is 5. The molecule has 3 atom stereocenters. The third-order valence-corrected chi connectivity index (χ3v) is 7.49. The first-order chi connectivity index (χ1) is 13.4. The van der Waals surface area contributed by atoms with E-state index in [4.69, 9.17) is 23.8 Å². The average Bonchev–Trinajstić information content (AvgIpc) is 3.27. The zero-order valence-corrected chi connectivity index (χ0v) is 17.6. The Morgan fingerprint density at radius 1 is 1.07 bits per heavy atom. The fourth-order valence-corrected chi connectivity index (χ4v) is 5.88. The zero-order chi connectivity index (χ0) is 19.7. The van der Waals surface area contributed by atoms with E-state index in [0.717, 1.165) is 5.92 Å². The van der Waals surface area contributed by atoms with Gasteiger partial charge in [-0.3, -0.25) is 4.72 Å². The summed E-state index contributed by atoms with van der Waals surface area (Å²) in [5.41, 5.74) is 0.971. The number of nitrogens with one attached hydrogen (secondary N) is 3. The number of para-hydroxylation sites is 1. The Kier molecular flexibility index (Phi) is 5.49. The largest absolute Gasteiger partial charge is 0.359 e. The molecule has 0 heterocycles. The molecule has 2 aliphatic carbocycles. The van der Waals surface area contributed by atoms with Crippen LogP contribution in [0.25, 0.3) is 0 Å². The van der Waals surface area contributed by atoms with E-state index in [1.165, 1.54) is 31.7 Å². The Labute approximate surface area is 175 Å². The van der Waals surface area contributed by atoms with Crippen LogP contribution in [0.2, 0.25) is 5.02 Å². The lowest BCUT2D eigenvalue weighted by molar-refractivity contribution is 0.392. The number of halogens is 1. The molecule has 2 aromatic carbocycles. The Balaban J connectivity index is 1.43. The smallest absolute Gasteiger partial charge is 0.262 e. The average molecular weight is 436 g/mol. The SMILES string of the molecule is O=S(=O)(Nc1ccccc1Cl)c1cccc(NC(=S)NC2CC3CCC2C3)c1. The second-order valence-electron chi connectivity index (χ2n) is 7.49. The fraction of sp³-hybridized carbons (Fsp3) is 0.350. The summed E-state index contributed by atoms with van der Waals surface area (Å²) in [6, 6.07) is 13.7. The van der Waals surface area contributed by atoms with Gasteiger partial charge in [-0.2, -0.15) is 0 Å². The Hall–Kier alpha value is -1.83. The van der Waals surface area contributed by atoms with E-state index in [2.05, 4.69) is 15.4 Å². The monoisotopic (exact) mass is 435 g/mol. The molecular weight excluding hydrogens is 414 g/mol. The third-order valence-electron chi connectivity index (χ3n) is 5.57. The van der Waals surface area contributed by atoms with Gasteiger partial charge in [0.15, 0.2) is 5.11 Å². The van der Waals surface area contributed by atoms with E-state index in [9.17, 15) is 8.42 Å². The number of hydrogen-bond donors (Lipinski definition) is 3. The summed E-state index contributed by atoms with van der Waals surface area (Å²) in [5, 5.41) is 7.40. The van der Waals surface area contributed by atoms with Crippen molar-refractivity contribution in [3.05, 3.63) is 53.6 Å². The number of anilines is 2. The van der Waals surface area contributed by atoms with Gasteiger partial charge in [0.05, 0.1) is 15.6 Å². The van der Waals surface area contributed by atoms with Crippen LogP contribution in [0.4, 0.5) is 11.4 Å². The van der Waals surface area contributed by atoms with Crippen LogP contribution in [-0.2, 0) is 10.0 Å². The minimum absolute atomic E-state index is 0.139. The van der Waals surface area contributed by atoms with Gasteiger partial charge in [-0.1, -0.05) is 36.2 Å². The molecule has 0 amide bonds. The molecule has 3 unspecified atom stereocenters. The summed E-state index contributed by atoms with van der Waals surface area (Å²) in [6.07, 6.45) is 5.07. The first-order valence-corrected chi connectivity index (χ1v) is 11.6. The highest BCUT2D eigenvalue weighted by molar-refractivity contribution is 7.92. The van der Waals surface area contributed by atoms with Gasteiger partial charge < -0.3 is 10.6 Å². The highest BCUT2D eigenvalue weighted by Crippen LogP contribution is 2.44. The lowest BCUT2D eigenvalue weighted by Gasteiger charge is -2.24. The van der Waals surface area contributed by atoms with Gasteiger partial charge >= 0.3 is 0 Å². The molecule has 0 spiro atoms. The molecule has 0 aliphatic heterocycles. The molecule has 148 valence electrons. The summed E-state index contributed by atoms with van der Waals surface area (Å²) in [5.74, 6) is 1.53. The number of benzene rings is 2. The van der Waals surface area contributed by atoms with Crippen LogP contribution >= 0.6 is 23.8 Å². The highest BCUT2D eigenvalue weighted by Gasteiger charge is 2.39. The zero-order valence-electron chi connectivity index (χ0n) is 15.2. The third kappa shape index (κ3) is 4.26. The summed E-state index contributed by atoms with van der Waals surface area (Å²) in [4.78, 5) is 0.139. The molecule has 0 aromatic heterocycles. The molecule has 2 fully saturated rings. The van der Waals surface area contributed by atoms with Crippen LogP contribution in [-0.4, -0.2) is 19.6 Å². The quantitative estimate of drug-likeness (QED) is 0.598. The van der Waals surface area contributed by atoms with Crippen molar-refractivity contribution >= 4 is 50.3 Å². The highest BCUT2D eigenvalue weighted by atomic mass is 35.5. The van der Waals surface area contributed by atoms with Crippen molar-refractivity contribution in [1.29, 1.82) is 0 Å². The molecule has 0 saturated heterocycles.